The lowest BCUT2D eigenvalue weighted by Gasteiger charge is -2.26. The molecule has 1 aliphatic carbocycles. The number of anilines is 1. The molecule has 0 spiro atoms. The Bertz CT molecular complexity index is 1050. The molecule has 32 heavy (non-hydrogen) atoms. The number of rotatable bonds is 8. The van der Waals surface area contributed by atoms with Crippen molar-refractivity contribution in [1.29, 1.82) is 0 Å². The van der Waals surface area contributed by atoms with Gasteiger partial charge in [-0.2, -0.15) is 0 Å². The predicted molar refractivity (Wildman–Crippen MR) is 105 cm³/mol. The Kier molecular flexibility index (Phi) is 6.94. The summed E-state index contributed by atoms with van der Waals surface area (Å²) in [6, 6.07) is 3.58. The first-order chi connectivity index (χ1) is 15.0. The summed E-state index contributed by atoms with van der Waals surface area (Å²) in [6.07, 6.45) is 1.72. The summed E-state index contributed by atoms with van der Waals surface area (Å²) in [5.41, 5.74) is -0.148. The molecule has 12 heteroatoms. The van der Waals surface area contributed by atoms with E-state index in [1.54, 1.807) is 0 Å². The molecule has 0 radical (unpaired) electrons. The van der Waals surface area contributed by atoms with Gasteiger partial charge in [0.1, 0.15) is 16.2 Å². The van der Waals surface area contributed by atoms with Gasteiger partial charge >= 0.3 is 5.97 Å². The van der Waals surface area contributed by atoms with Crippen LogP contribution < -0.4 is 4.90 Å². The molecule has 0 atom stereocenters. The highest BCUT2D eigenvalue weighted by Crippen LogP contribution is 2.35. The maximum atomic E-state index is 13.9. The minimum Gasteiger partial charge on any atom is -0.507 e. The van der Waals surface area contributed by atoms with Gasteiger partial charge in [-0.25, -0.2) is 31.1 Å². The highest BCUT2D eigenvalue weighted by Gasteiger charge is 2.30. The number of benzene rings is 2. The Morgan fingerprint density at radius 3 is 2.09 bits per heavy atom. The first kappa shape index (κ1) is 23.8. The van der Waals surface area contributed by atoms with Gasteiger partial charge in [-0.3, -0.25) is 4.79 Å². The third-order valence-electron chi connectivity index (χ3n) is 4.74. The van der Waals surface area contributed by atoms with Crippen LogP contribution in [-0.4, -0.2) is 46.5 Å². The highest BCUT2D eigenvalue weighted by atomic mass is 32.2. The van der Waals surface area contributed by atoms with Crippen LogP contribution in [0.3, 0.4) is 0 Å². The van der Waals surface area contributed by atoms with Crippen molar-refractivity contribution in [3.8, 4) is 5.75 Å². The summed E-state index contributed by atoms with van der Waals surface area (Å²) in [4.78, 5) is 24.1. The van der Waals surface area contributed by atoms with Gasteiger partial charge in [-0.1, -0.05) is 0 Å². The van der Waals surface area contributed by atoms with Crippen LogP contribution in [0.25, 0.3) is 0 Å². The second-order valence-electron chi connectivity index (χ2n) is 7.23. The fourth-order valence-electron chi connectivity index (χ4n) is 2.91. The summed E-state index contributed by atoms with van der Waals surface area (Å²) in [6.45, 7) is -0.218. The minimum absolute atomic E-state index is 0.181. The summed E-state index contributed by atoms with van der Waals surface area (Å²) in [5, 5.41) is 19.0. The zero-order valence-electron chi connectivity index (χ0n) is 16.5. The van der Waals surface area contributed by atoms with Gasteiger partial charge < -0.3 is 15.1 Å². The van der Waals surface area contributed by atoms with Gasteiger partial charge in [0.2, 0.25) is 11.7 Å². The van der Waals surface area contributed by atoms with Gasteiger partial charge in [0.05, 0.1) is 6.54 Å². The molecule has 2 N–H and O–H groups in total. The molecule has 1 fully saturated rings. The van der Waals surface area contributed by atoms with Crippen molar-refractivity contribution >= 4 is 29.5 Å². The van der Waals surface area contributed by atoms with Crippen molar-refractivity contribution in [1.82, 2.24) is 4.31 Å². The normalized spacial score (nSPS) is 13.5. The van der Waals surface area contributed by atoms with E-state index in [1.807, 2.05) is 0 Å². The zero-order chi connectivity index (χ0) is 23.7. The number of carboxylic acid groups (broad SMARTS) is 1. The Morgan fingerprint density at radius 1 is 1.03 bits per heavy atom. The number of carbonyl (C=O) groups is 2. The number of carboxylic acids is 1. The average molecular weight is 476 g/mol. The number of phenols is 1. The van der Waals surface area contributed by atoms with E-state index in [4.69, 9.17) is 5.11 Å². The lowest BCUT2D eigenvalue weighted by Crippen LogP contribution is -2.38. The standard InChI is InChI=1S/C20H17F5N2O4S/c1-26(32-19-17(24)15(22)14(21)16(23)18(19)25)8-13(29)27(7-9-2-3-9)10-4-5-11(20(30)31)12(28)6-10/h4-6,9,28H,2-3,7-8H2,1H3,(H,30,31). The van der Waals surface area contributed by atoms with E-state index < -0.39 is 58.2 Å². The van der Waals surface area contributed by atoms with Crippen LogP contribution >= 0.6 is 11.9 Å². The smallest absolute Gasteiger partial charge is 0.339 e. The van der Waals surface area contributed by atoms with Crippen molar-refractivity contribution in [2.75, 3.05) is 25.0 Å². The maximum absolute atomic E-state index is 13.9. The molecule has 6 nitrogen and oxygen atoms in total. The van der Waals surface area contributed by atoms with Crippen molar-refractivity contribution in [3.63, 3.8) is 0 Å². The minimum atomic E-state index is -2.27. The van der Waals surface area contributed by atoms with E-state index in [-0.39, 0.29) is 35.7 Å². The third-order valence-corrected chi connectivity index (χ3v) is 5.72. The first-order valence-electron chi connectivity index (χ1n) is 9.28. The molecule has 0 bridgehead atoms. The van der Waals surface area contributed by atoms with Crippen LogP contribution in [0.5, 0.6) is 5.75 Å². The third kappa shape index (κ3) is 4.96. The van der Waals surface area contributed by atoms with E-state index in [1.165, 1.54) is 18.0 Å². The monoisotopic (exact) mass is 476 g/mol. The van der Waals surface area contributed by atoms with Gasteiger partial charge in [0.25, 0.3) is 0 Å². The van der Waals surface area contributed by atoms with Crippen LogP contribution in [0, 0.1) is 35.0 Å². The molecular formula is C20H17F5N2O4S. The summed E-state index contributed by atoms with van der Waals surface area (Å²) in [5.74, 6) is -12.8. The first-order valence-corrected chi connectivity index (χ1v) is 10.1. The molecule has 1 amide bonds. The SMILES string of the molecule is CN(CC(=O)N(CC1CC1)c1ccc(C(=O)O)c(O)c1)Sc1c(F)c(F)c(F)c(F)c1F. The van der Waals surface area contributed by atoms with E-state index >= 15 is 0 Å². The van der Waals surface area contributed by atoms with Crippen LogP contribution in [0.1, 0.15) is 23.2 Å². The number of aromatic carboxylic acids is 1. The molecule has 0 unspecified atom stereocenters. The van der Waals surface area contributed by atoms with Crippen LogP contribution in [0.4, 0.5) is 27.6 Å². The lowest BCUT2D eigenvalue weighted by atomic mass is 10.1. The van der Waals surface area contributed by atoms with Crippen LogP contribution in [0.15, 0.2) is 23.1 Å². The topological polar surface area (TPSA) is 81.1 Å². The Balaban J connectivity index is 1.80. The maximum Gasteiger partial charge on any atom is 0.339 e. The zero-order valence-corrected chi connectivity index (χ0v) is 17.4. The van der Waals surface area contributed by atoms with E-state index in [2.05, 4.69) is 0 Å². The largest absolute Gasteiger partial charge is 0.507 e. The average Bonchev–Trinajstić information content (AvgIpc) is 3.56. The second-order valence-corrected chi connectivity index (χ2v) is 8.44. The number of amides is 1. The Labute approximate surface area is 183 Å². The second kappa shape index (κ2) is 9.33. The Morgan fingerprint density at radius 2 is 1.59 bits per heavy atom. The lowest BCUT2D eigenvalue weighted by molar-refractivity contribution is -0.118. The number of hydrogen-bond donors (Lipinski definition) is 2. The molecule has 3 rings (SSSR count). The van der Waals surface area contributed by atoms with Crippen LogP contribution in [-0.2, 0) is 4.79 Å². The molecule has 0 aliphatic heterocycles. The number of nitrogens with zero attached hydrogens (tertiary/aromatic N) is 2. The van der Waals surface area contributed by atoms with E-state index in [0.29, 0.717) is 0 Å². The fourth-order valence-corrected chi connectivity index (χ4v) is 3.73. The van der Waals surface area contributed by atoms with Crippen molar-refractivity contribution in [3.05, 3.63) is 52.8 Å². The van der Waals surface area contributed by atoms with Gasteiger partial charge in [0, 0.05) is 18.3 Å². The Hall–Kier alpha value is -2.86. The molecule has 0 saturated heterocycles. The van der Waals surface area contributed by atoms with Gasteiger partial charge in [0.15, 0.2) is 23.3 Å². The summed E-state index contributed by atoms with van der Waals surface area (Å²) in [7, 11) is 1.24. The van der Waals surface area contributed by atoms with Gasteiger partial charge in [-0.15, -0.1) is 0 Å². The molecule has 0 heterocycles. The predicted octanol–water partition coefficient (Wildman–Crippen LogP) is 4.17. The molecule has 2 aromatic rings. The molecule has 2 aromatic carbocycles. The molecule has 0 aromatic heterocycles. The summed E-state index contributed by atoms with van der Waals surface area (Å²) < 4.78 is 68.9. The van der Waals surface area contributed by atoms with Crippen molar-refractivity contribution in [2.45, 2.75) is 17.7 Å². The molecule has 172 valence electrons. The number of hydrogen-bond acceptors (Lipinski definition) is 5. The number of halogens is 5. The van der Waals surface area contributed by atoms with Gasteiger partial charge in [-0.05, 0) is 49.9 Å². The quantitative estimate of drug-likeness (QED) is 0.258. The van der Waals surface area contributed by atoms with Crippen LogP contribution in [0.2, 0.25) is 0 Å². The number of aromatic hydroxyl groups is 1. The molecule has 1 saturated carbocycles. The van der Waals surface area contributed by atoms with E-state index in [9.17, 15) is 36.6 Å². The number of likely N-dealkylation sites (N-methyl/N-ethyl adjacent to an activating group) is 1. The summed E-state index contributed by atoms with van der Waals surface area (Å²) >= 11 is 0.181. The van der Waals surface area contributed by atoms with Crippen molar-refractivity contribution < 1.29 is 41.8 Å². The van der Waals surface area contributed by atoms with E-state index in [0.717, 1.165) is 29.3 Å². The molecule has 1 aliphatic rings. The highest BCUT2D eigenvalue weighted by molar-refractivity contribution is 7.97. The fraction of sp³-hybridized carbons (Fsp3) is 0.300. The molecular weight excluding hydrogens is 459 g/mol. The number of carbonyl (C=O) groups excluding carboxylic acids is 1. The van der Waals surface area contributed by atoms with Crippen molar-refractivity contribution in [2.24, 2.45) is 5.92 Å².